The first-order valence-electron chi connectivity index (χ1n) is 5.62. The number of nitrogens with two attached hydrogens (primary N) is 1. The van der Waals surface area contributed by atoms with Crippen molar-refractivity contribution in [2.24, 2.45) is 17.6 Å². The normalized spacial score (nSPS) is 28.2. The molecule has 1 aromatic rings. The summed E-state index contributed by atoms with van der Waals surface area (Å²) < 4.78 is 18.5. The van der Waals surface area contributed by atoms with E-state index >= 15 is 0 Å². The SMILES string of the molecule is COc1ccc(F)cc1C1(N)CC1C(C)C. The topological polar surface area (TPSA) is 35.2 Å². The largest absolute Gasteiger partial charge is 0.496 e. The zero-order chi connectivity index (χ0) is 11.9. The number of methoxy groups -OCH3 is 1. The van der Waals surface area contributed by atoms with Crippen LogP contribution in [0.4, 0.5) is 4.39 Å². The molecule has 3 heteroatoms. The lowest BCUT2D eigenvalue weighted by molar-refractivity contribution is 0.395. The van der Waals surface area contributed by atoms with Crippen LogP contribution in [0.2, 0.25) is 0 Å². The quantitative estimate of drug-likeness (QED) is 0.855. The van der Waals surface area contributed by atoms with Gasteiger partial charge in [0, 0.05) is 11.1 Å². The van der Waals surface area contributed by atoms with Gasteiger partial charge < -0.3 is 10.5 Å². The molecule has 1 aromatic carbocycles. The van der Waals surface area contributed by atoms with Crippen LogP contribution in [-0.4, -0.2) is 7.11 Å². The lowest BCUT2D eigenvalue weighted by atomic mass is 9.97. The minimum Gasteiger partial charge on any atom is -0.496 e. The summed E-state index contributed by atoms with van der Waals surface area (Å²) in [6, 6.07) is 4.55. The molecule has 1 aliphatic carbocycles. The van der Waals surface area contributed by atoms with Gasteiger partial charge in [-0.15, -0.1) is 0 Å². The van der Waals surface area contributed by atoms with Crippen molar-refractivity contribution in [2.75, 3.05) is 7.11 Å². The van der Waals surface area contributed by atoms with Gasteiger partial charge in [-0.25, -0.2) is 4.39 Å². The molecule has 0 saturated heterocycles. The molecule has 2 rings (SSSR count). The van der Waals surface area contributed by atoms with Gasteiger partial charge in [-0.1, -0.05) is 13.8 Å². The lowest BCUT2D eigenvalue weighted by Crippen LogP contribution is -2.24. The van der Waals surface area contributed by atoms with Gasteiger partial charge in [0.25, 0.3) is 0 Å². The third kappa shape index (κ3) is 1.69. The fourth-order valence-electron chi connectivity index (χ4n) is 2.49. The first-order valence-corrected chi connectivity index (χ1v) is 5.62. The van der Waals surface area contributed by atoms with E-state index in [1.165, 1.54) is 12.1 Å². The maximum absolute atomic E-state index is 13.3. The number of ether oxygens (including phenoxy) is 1. The van der Waals surface area contributed by atoms with E-state index in [0.717, 1.165) is 12.0 Å². The smallest absolute Gasteiger partial charge is 0.124 e. The Labute approximate surface area is 95.6 Å². The summed E-state index contributed by atoms with van der Waals surface area (Å²) >= 11 is 0. The molecule has 1 aliphatic rings. The second-order valence-corrected chi connectivity index (χ2v) is 4.94. The molecule has 0 radical (unpaired) electrons. The van der Waals surface area contributed by atoms with Crippen LogP contribution >= 0.6 is 0 Å². The molecular formula is C13H18FNO. The second-order valence-electron chi connectivity index (χ2n) is 4.94. The molecule has 1 fully saturated rings. The van der Waals surface area contributed by atoms with E-state index in [1.807, 2.05) is 0 Å². The van der Waals surface area contributed by atoms with E-state index in [-0.39, 0.29) is 5.82 Å². The standard InChI is InChI=1S/C13H18FNO/c1-8(2)11-7-13(11,15)10-6-9(14)4-5-12(10)16-3/h4-6,8,11H,7,15H2,1-3H3. The molecule has 0 heterocycles. The molecule has 0 spiro atoms. The van der Waals surface area contributed by atoms with Crippen LogP contribution in [0.15, 0.2) is 18.2 Å². The van der Waals surface area contributed by atoms with Gasteiger partial charge in [0.05, 0.1) is 7.11 Å². The fraction of sp³-hybridized carbons (Fsp3) is 0.538. The molecule has 88 valence electrons. The summed E-state index contributed by atoms with van der Waals surface area (Å²) in [7, 11) is 1.59. The van der Waals surface area contributed by atoms with E-state index in [1.54, 1.807) is 13.2 Å². The number of hydrogen-bond acceptors (Lipinski definition) is 2. The van der Waals surface area contributed by atoms with Gasteiger partial charge in [-0.05, 0) is 36.5 Å². The maximum Gasteiger partial charge on any atom is 0.124 e. The lowest BCUT2D eigenvalue weighted by Gasteiger charge is -2.17. The van der Waals surface area contributed by atoms with Crippen molar-refractivity contribution in [3.8, 4) is 5.75 Å². The van der Waals surface area contributed by atoms with Gasteiger partial charge in [-0.2, -0.15) is 0 Å². The molecule has 1 saturated carbocycles. The average molecular weight is 223 g/mol. The van der Waals surface area contributed by atoms with Crippen LogP contribution in [0.25, 0.3) is 0 Å². The molecule has 2 unspecified atom stereocenters. The van der Waals surface area contributed by atoms with E-state index in [2.05, 4.69) is 13.8 Å². The van der Waals surface area contributed by atoms with Crippen molar-refractivity contribution in [2.45, 2.75) is 25.8 Å². The van der Waals surface area contributed by atoms with Gasteiger partial charge in [-0.3, -0.25) is 0 Å². The van der Waals surface area contributed by atoms with E-state index in [9.17, 15) is 4.39 Å². The van der Waals surface area contributed by atoms with Crippen LogP contribution in [-0.2, 0) is 5.54 Å². The van der Waals surface area contributed by atoms with Crippen molar-refractivity contribution in [3.05, 3.63) is 29.6 Å². The van der Waals surface area contributed by atoms with Crippen molar-refractivity contribution < 1.29 is 9.13 Å². The van der Waals surface area contributed by atoms with Crippen molar-refractivity contribution in [1.82, 2.24) is 0 Å². The summed E-state index contributed by atoms with van der Waals surface area (Å²) in [6.45, 7) is 4.29. The highest BCUT2D eigenvalue weighted by Gasteiger charge is 2.54. The molecule has 2 atom stereocenters. The van der Waals surface area contributed by atoms with Crippen LogP contribution in [0.3, 0.4) is 0 Å². The molecule has 16 heavy (non-hydrogen) atoms. The number of hydrogen-bond donors (Lipinski definition) is 1. The Bertz CT molecular complexity index is 405. The Kier molecular flexibility index (Phi) is 2.66. The predicted octanol–water partition coefficient (Wildman–Crippen LogP) is 2.66. The monoisotopic (exact) mass is 223 g/mol. The van der Waals surface area contributed by atoms with Gasteiger partial charge in [0.1, 0.15) is 11.6 Å². The summed E-state index contributed by atoms with van der Waals surface area (Å²) in [5, 5.41) is 0. The van der Waals surface area contributed by atoms with Gasteiger partial charge in [0.15, 0.2) is 0 Å². The third-order valence-electron chi connectivity index (χ3n) is 3.53. The Morgan fingerprint density at radius 2 is 2.19 bits per heavy atom. The Hall–Kier alpha value is -1.09. The first kappa shape index (κ1) is 11.4. The average Bonchev–Trinajstić information content (AvgIpc) is 2.92. The van der Waals surface area contributed by atoms with Crippen LogP contribution in [0.5, 0.6) is 5.75 Å². The minimum absolute atomic E-state index is 0.255. The van der Waals surface area contributed by atoms with Crippen LogP contribution in [0.1, 0.15) is 25.8 Å². The molecular weight excluding hydrogens is 205 g/mol. The van der Waals surface area contributed by atoms with Crippen molar-refractivity contribution in [3.63, 3.8) is 0 Å². The highest BCUT2D eigenvalue weighted by Crippen LogP contribution is 2.55. The number of rotatable bonds is 3. The number of halogens is 1. The van der Waals surface area contributed by atoms with E-state index in [0.29, 0.717) is 17.6 Å². The molecule has 2 nitrogen and oxygen atoms in total. The van der Waals surface area contributed by atoms with Crippen molar-refractivity contribution >= 4 is 0 Å². The maximum atomic E-state index is 13.3. The predicted molar refractivity (Wildman–Crippen MR) is 61.8 cm³/mol. The Morgan fingerprint density at radius 1 is 1.50 bits per heavy atom. The fourth-order valence-corrected chi connectivity index (χ4v) is 2.49. The molecule has 0 aliphatic heterocycles. The summed E-state index contributed by atoms with van der Waals surface area (Å²) in [6.07, 6.45) is 0.907. The van der Waals surface area contributed by atoms with E-state index < -0.39 is 5.54 Å². The first-order chi connectivity index (χ1) is 7.49. The summed E-state index contributed by atoms with van der Waals surface area (Å²) in [4.78, 5) is 0. The minimum atomic E-state index is -0.401. The van der Waals surface area contributed by atoms with Crippen molar-refractivity contribution in [1.29, 1.82) is 0 Å². The van der Waals surface area contributed by atoms with Crippen LogP contribution < -0.4 is 10.5 Å². The van der Waals surface area contributed by atoms with Gasteiger partial charge >= 0.3 is 0 Å². The van der Waals surface area contributed by atoms with E-state index in [4.69, 9.17) is 10.5 Å². The molecule has 0 amide bonds. The zero-order valence-electron chi connectivity index (χ0n) is 9.96. The molecule has 0 bridgehead atoms. The highest BCUT2D eigenvalue weighted by molar-refractivity contribution is 5.44. The summed E-state index contributed by atoms with van der Waals surface area (Å²) in [5.74, 6) is 1.36. The third-order valence-corrected chi connectivity index (χ3v) is 3.53. The Balaban J connectivity index is 2.37. The second kappa shape index (κ2) is 3.74. The zero-order valence-corrected chi connectivity index (χ0v) is 9.96. The highest BCUT2D eigenvalue weighted by atomic mass is 19.1. The Morgan fingerprint density at radius 3 is 2.69 bits per heavy atom. The summed E-state index contributed by atoms with van der Waals surface area (Å²) in [5.41, 5.74) is 6.71. The van der Waals surface area contributed by atoms with Crippen LogP contribution in [0, 0.1) is 17.7 Å². The van der Waals surface area contributed by atoms with Gasteiger partial charge in [0.2, 0.25) is 0 Å². The number of benzene rings is 1. The molecule has 0 aromatic heterocycles. The molecule has 2 N–H and O–H groups in total.